The molecule has 6 nitrogen and oxygen atoms in total. The summed E-state index contributed by atoms with van der Waals surface area (Å²) in [4.78, 5) is 36.2. The number of halogens is 2. The molecule has 1 aromatic carbocycles. The van der Waals surface area contributed by atoms with Crippen molar-refractivity contribution in [2.24, 2.45) is 0 Å². The van der Waals surface area contributed by atoms with Gasteiger partial charge in [0.25, 0.3) is 5.91 Å². The standard InChI is InChI=1S/C14H9Cl2NO5S/c15-7-1-2-8-9(5-7)23-12(11(8)16)13(19)22-6-10(18)17-3-4-21-14(17)20/h1-2,5H,3-4,6H2. The van der Waals surface area contributed by atoms with Gasteiger partial charge >= 0.3 is 12.1 Å². The number of rotatable bonds is 3. The molecule has 1 aromatic heterocycles. The van der Waals surface area contributed by atoms with Gasteiger partial charge in [0.1, 0.15) is 11.5 Å². The Labute approximate surface area is 144 Å². The monoisotopic (exact) mass is 373 g/mol. The van der Waals surface area contributed by atoms with Crippen LogP contribution in [-0.2, 0) is 14.3 Å². The van der Waals surface area contributed by atoms with E-state index in [1.165, 1.54) is 0 Å². The Bertz CT molecular complexity index is 819. The molecule has 120 valence electrons. The lowest BCUT2D eigenvalue weighted by molar-refractivity contribution is -0.131. The summed E-state index contributed by atoms with van der Waals surface area (Å²) < 4.78 is 10.3. The Morgan fingerprint density at radius 1 is 1.35 bits per heavy atom. The lowest BCUT2D eigenvalue weighted by atomic mass is 10.2. The zero-order valence-electron chi connectivity index (χ0n) is 11.5. The number of hydrogen-bond donors (Lipinski definition) is 0. The molecule has 2 amide bonds. The van der Waals surface area contributed by atoms with Crippen molar-refractivity contribution in [3.8, 4) is 0 Å². The van der Waals surface area contributed by atoms with E-state index in [9.17, 15) is 14.4 Å². The maximum absolute atomic E-state index is 12.1. The first-order valence-corrected chi connectivity index (χ1v) is 8.06. The number of benzene rings is 1. The van der Waals surface area contributed by atoms with E-state index in [0.717, 1.165) is 20.9 Å². The van der Waals surface area contributed by atoms with Crippen molar-refractivity contribution in [2.45, 2.75) is 0 Å². The average Bonchev–Trinajstić information content (AvgIpc) is 3.08. The fourth-order valence-corrected chi connectivity index (χ4v) is 3.74. The molecule has 0 unspecified atom stereocenters. The summed E-state index contributed by atoms with van der Waals surface area (Å²) >= 11 is 13.2. The van der Waals surface area contributed by atoms with Crippen molar-refractivity contribution in [2.75, 3.05) is 19.8 Å². The summed E-state index contributed by atoms with van der Waals surface area (Å²) in [6.45, 7) is -0.266. The third-order valence-electron chi connectivity index (χ3n) is 3.17. The van der Waals surface area contributed by atoms with Crippen LogP contribution < -0.4 is 0 Å². The van der Waals surface area contributed by atoms with E-state index in [-0.39, 0.29) is 23.1 Å². The Morgan fingerprint density at radius 2 is 2.13 bits per heavy atom. The van der Waals surface area contributed by atoms with Crippen LogP contribution in [0.1, 0.15) is 9.67 Å². The Balaban J connectivity index is 1.72. The van der Waals surface area contributed by atoms with Crippen LogP contribution in [0.15, 0.2) is 18.2 Å². The van der Waals surface area contributed by atoms with Crippen LogP contribution in [0.4, 0.5) is 4.79 Å². The second kappa shape index (κ2) is 6.35. The van der Waals surface area contributed by atoms with Crippen molar-refractivity contribution in [1.82, 2.24) is 4.90 Å². The number of cyclic esters (lactones) is 1. The molecule has 0 saturated carbocycles. The van der Waals surface area contributed by atoms with Crippen LogP contribution in [0.5, 0.6) is 0 Å². The highest BCUT2D eigenvalue weighted by Gasteiger charge is 2.29. The molecule has 2 aromatic rings. The minimum atomic E-state index is -0.736. The normalized spacial score (nSPS) is 14.2. The number of amides is 2. The molecule has 9 heteroatoms. The van der Waals surface area contributed by atoms with Gasteiger partial charge in [0.05, 0.1) is 11.6 Å². The minimum Gasteiger partial charge on any atom is -0.451 e. The fourth-order valence-electron chi connectivity index (χ4n) is 2.06. The summed E-state index contributed by atoms with van der Waals surface area (Å²) in [6, 6.07) is 5.06. The molecule has 1 aliphatic rings. The molecule has 1 saturated heterocycles. The maximum atomic E-state index is 12.1. The van der Waals surface area contributed by atoms with Gasteiger partial charge in [-0.1, -0.05) is 29.3 Å². The smallest absolute Gasteiger partial charge is 0.416 e. The Hall–Kier alpha value is -1.83. The zero-order valence-corrected chi connectivity index (χ0v) is 13.8. The van der Waals surface area contributed by atoms with Crippen LogP contribution in [0.25, 0.3) is 10.1 Å². The summed E-state index contributed by atoms with van der Waals surface area (Å²) in [6.07, 6.45) is -0.736. The van der Waals surface area contributed by atoms with Crippen LogP contribution in [0, 0.1) is 0 Å². The number of carbonyl (C=O) groups excluding carboxylic acids is 3. The number of carbonyl (C=O) groups is 3. The zero-order chi connectivity index (χ0) is 16.6. The molecule has 23 heavy (non-hydrogen) atoms. The highest BCUT2D eigenvalue weighted by Crippen LogP contribution is 2.37. The van der Waals surface area contributed by atoms with E-state index in [4.69, 9.17) is 27.9 Å². The van der Waals surface area contributed by atoms with E-state index in [1.54, 1.807) is 18.2 Å². The van der Waals surface area contributed by atoms with Crippen molar-refractivity contribution >= 4 is 62.6 Å². The minimum absolute atomic E-state index is 0.140. The van der Waals surface area contributed by atoms with Gasteiger partial charge in [-0.15, -0.1) is 11.3 Å². The van der Waals surface area contributed by atoms with Crippen LogP contribution in [-0.4, -0.2) is 42.6 Å². The third kappa shape index (κ3) is 3.12. The Morgan fingerprint density at radius 3 is 2.83 bits per heavy atom. The topological polar surface area (TPSA) is 72.9 Å². The SMILES string of the molecule is O=C(OCC(=O)N1CCOC1=O)c1sc2cc(Cl)ccc2c1Cl. The van der Waals surface area contributed by atoms with Crippen LogP contribution in [0.3, 0.4) is 0 Å². The number of ether oxygens (including phenoxy) is 2. The molecule has 1 aliphatic heterocycles. The molecule has 3 rings (SSSR count). The van der Waals surface area contributed by atoms with Crippen molar-refractivity contribution < 1.29 is 23.9 Å². The first kappa shape index (κ1) is 16.0. The van der Waals surface area contributed by atoms with E-state index in [1.807, 2.05) is 0 Å². The van der Waals surface area contributed by atoms with E-state index < -0.39 is 24.6 Å². The van der Waals surface area contributed by atoms with Gasteiger partial charge in [-0.25, -0.2) is 14.5 Å². The van der Waals surface area contributed by atoms with Crippen molar-refractivity contribution in [3.63, 3.8) is 0 Å². The summed E-state index contributed by atoms with van der Waals surface area (Å²) in [7, 11) is 0. The molecule has 0 radical (unpaired) electrons. The fraction of sp³-hybridized carbons (Fsp3) is 0.214. The summed E-state index contributed by atoms with van der Waals surface area (Å²) in [5.41, 5.74) is 0. The lowest BCUT2D eigenvalue weighted by Gasteiger charge is -2.10. The van der Waals surface area contributed by atoms with Gasteiger partial charge in [0.2, 0.25) is 0 Å². The highest BCUT2D eigenvalue weighted by atomic mass is 35.5. The number of fused-ring (bicyclic) bond motifs is 1. The molecule has 1 fully saturated rings. The molecular formula is C14H9Cl2NO5S. The molecule has 0 bridgehead atoms. The number of hydrogen-bond acceptors (Lipinski definition) is 6. The second-order valence-corrected chi connectivity index (χ2v) is 6.49. The lowest BCUT2D eigenvalue weighted by Crippen LogP contribution is -2.35. The molecule has 0 atom stereocenters. The van der Waals surface area contributed by atoms with Gasteiger partial charge < -0.3 is 9.47 Å². The van der Waals surface area contributed by atoms with Gasteiger partial charge in [-0.3, -0.25) is 4.79 Å². The molecule has 0 aliphatic carbocycles. The molecule has 0 spiro atoms. The van der Waals surface area contributed by atoms with E-state index >= 15 is 0 Å². The predicted molar refractivity (Wildman–Crippen MR) is 85.2 cm³/mol. The third-order valence-corrected chi connectivity index (χ3v) is 5.04. The largest absolute Gasteiger partial charge is 0.451 e. The van der Waals surface area contributed by atoms with Crippen molar-refractivity contribution in [3.05, 3.63) is 33.1 Å². The Kier molecular flexibility index (Phi) is 4.43. The van der Waals surface area contributed by atoms with Gasteiger partial charge in [0.15, 0.2) is 6.61 Å². The molecule has 0 N–H and O–H groups in total. The quantitative estimate of drug-likeness (QED) is 0.771. The van der Waals surface area contributed by atoms with Crippen molar-refractivity contribution in [1.29, 1.82) is 0 Å². The molecular weight excluding hydrogens is 365 g/mol. The summed E-state index contributed by atoms with van der Waals surface area (Å²) in [5.74, 6) is -1.37. The van der Waals surface area contributed by atoms with Crippen LogP contribution >= 0.6 is 34.5 Å². The number of esters is 1. The maximum Gasteiger partial charge on any atom is 0.416 e. The molecule has 2 heterocycles. The van der Waals surface area contributed by atoms with E-state index in [2.05, 4.69) is 4.74 Å². The van der Waals surface area contributed by atoms with Crippen LogP contribution in [0.2, 0.25) is 10.0 Å². The van der Waals surface area contributed by atoms with E-state index in [0.29, 0.717) is 10.4 Å². The first-order valence-electron chi connectivity index (χ1n) is 6.49. The predicted octanol–water partition coefficient (Wildman–Crippen LogP) is 3.34. The number of nitrogens with zero attached hydrogens (tertiary/aromatic N) is 1. The second-order valence-electron chi connectivity index (χ2n) is 4.62. The number of imide groups is 1. The highest BCUT2D eigenvalue weighted by molar-refractivity contribution is 7.21. The first-order chi connectivity index (χ1) is 11.0. The summed E-state index contributed by atoms with van der Waals surface area (Å²) in [5, 5.41) is 1.46. The average molecular weight is 374 g/mol. The van der Waals surface area contributed by atoms with Gasteiger partial charge in [-0.05, 0) is 12.1 Å². The van der Waals surface area contributed by atoms with Gasteiger partial charge in [0, 0.05) is 15.1 Å². The van der Waals surface area contributed by atoms with Gasteiger partial charge in [-0.2, -0.15) is 0 Å². The number of thiophene rings is 1.